The number of carboxylic acids is 1. The Morgan fingerprint density at radius 1 is 1.60 bits per heavy atom. The number of fused-ring (bicyclic) bond motifs is 1. The fraction of sp³-hybridized carbons (Fsp3) is 0.583. The molecule has 0 amide bonds. The van der Waals surface area contributed by atoms with Crippen LogP contribution in [0.15, 0.2) is 6.07 Å². The first-order valence-electron chi connectivity index (χ1n) is 5.45. The van der Waals surface area contributed by atoms with Crippen LogP contribution < -0.4 is 0 Å². The summed E-state index contributed by atoms with van der Waals surface area (Å²) < 4.78 is 0. The van der Waals surface area contributed by atoms with E-state index in [2.05, 4.69) is 19.9 Å². The number of hydrogen-bond acceptors (Lipinski definition) is 2. The van der Waals surface area contributed by atoms with E-state index in [0.717, 1.165) is 24.8 Å². The quantitative estimate of drug-likeness (QED) is 0.836. The molecule has 2 rings (SSSR count). The predicted octanol–water partition coefficient (Wildman–Crippen LogP) is 3.38. The zero-order valence-electron chi connectivity index (χ0n) is 9.12. The normalized spacial score (nSPS) is 20.3. The molecule has 0 spiro atoms. The third-order valence-corrected chi connectivity index (χ3v) is 4.51. The van der Waals surface area contributed by atoms with E-state index in [9.17, 15) is 4.79 Å². The predicted molar refractivity (Wildman–Crippen MR) is 61.7 cm³/mol. The van der Waals surface area contributed by atoms with Crippen molar-refractivity contribution < 1.29 is 9.90 Å². The minimum Gasteiger partial charge on any atom is -0.481 e. The first-order chi connectivity index (χ1) is 7.09. The first-order valence-corrected chi connectivity index (χ1v) is 6.26. The van der Waals surface area contributed by atoms with Crippen molar-refractivity contribution in [1.82, 2.24) is 0 Å². The molecule has 1 aromatic rings. The molecule has 1 heterocycles. The first kappa shape index (κ1) is 10.7. The van der Waals surface area contributed by atoms with Crippen molar-refractivity contribution in [2.75, 3.05) is 0 Å². The van der Waals surface area contributed by atoms with Gasteiger partial charge in [-0.15, -0.1) is 11.3 Å². The summed E-state index contributed by atoms with van der Waals surface area (Å²) >= 11 is 1.80. The molecule has 0 aromatic carbocycles. The molecule has 1 aromatic heterocycles. The van der Waals surface area contributed by atoms with Crippen LogP contribution in [0.4, 0.5) is 0 Å². The van der Waals surface area contributed by atoms with E-state index in [0.29, 0.717) is 5.92 Å². The molecule has 1 atom stereocenters. The molecule has 1 aliphatic carbocycles. The van der Waals surface area contributed by atoms with Gasteiger partial charge >= 0.3 is 5.97 Å². The number of carboxylic acid groups (broad SMARTS) is 1. The molecule has 0 bridgehead atoms. The summed E-state index contributed by atoms with van der Waals surface area (Å²) in [5.74, 6) is -0.406. The second-order valence-electron chi connectivity index (χ2n) is 4.47. The number of thiophene rings is 1. The Hall–Kier alpha value is -0.830. The Kier molecular flexibility index (Phi) is 2.83. The van der Waals surface area contributed by atoms with Crippen molar-refractivity contribution in [2.24, 2.45) is 0 Å². The van der Waals surface area contributed by atoms with Crippen LogP contribution in [-0.2, 0) is 11.2 Å². The summed E-state index contributed by atoms with van der Waals surface area (Å²) in [7, 11) is 0. The standard InChI is InChI=1S/C12H16O2S/c1-7(2)11-6-9-8(12(13)14)4-3-5-10(9)15-11/h6-8H,3-5H2,1-2H3,(H,13,14). The molecule has 0 radical (unpaired) electrons. The van der Waals surface area contributed by atoms with E-state index in [1.54, 1.807) is 11.3 Å². The largest absolute Gasteiger partial charge is 0.481 e. The summed E-state index contributed by atoms with van der Waals surface area (Å²) in [6.45, 7) is 4.32. The minimum atomic E-state index is -0.663. The zero-order valence-corrected chi connectivity index (χ0v) is 9.93. The molecule has 0 saturated carbocycles. The molecule has 3 heteroatoms. The Morgan fingerprint density at radius 2 is 2.33 bits per heavy atom. The Balaban J connectivity index is 2.38. The van der Waals surface area contributed by atoms with Gasteiger partial charge in [0.15, 0.2) is 0 Å². The number of aryl methyl sites for hydroxylation is 1. The van der Waals surface area contributed by atoms with Gasteiger partial charge in [0.1, 0.15) is 0 Å². The van der Waals surface area contributed by atoms with Crippen LogP contribution in [0.5, 0.6) is 0 Å². The maximum absolute atomic E-state index is 11.1. The number of hydrogen-bond donors (Lipinski definition) is 1. The van der Waals surface area contributed by atoms with Gasteiger partial charge in [-0.2, -0.15) is 0 Å². The SMILES string of the molecule is CC(C)c1cc2c(s1)CCCC2C(=O)O. The van der Waals surface area contributed by atoms with Gasteiger partial charge in [0.05, 0.1) is 5.92 Å². The average Bonchev–Trinajstić information content (AvgIpc) is 2.60. The van der Waals surface area contributed by atoms with Crippen molar-refractivity contribution in [1.29, 1.82) is 0 Å². The van der Waals surface area contributed by atoms with Gasteiger partial charge < -0.3 is 5.11 Å². The van der Waals surface area contributed by atoms with Crippen LogP contribution >= 0.6 is 11.3 Å². The third-order valence-electron chi connectivity index (χ3n) is 3.00. The van der Waals surface area contributed by atoms with Crippen LogP contribution in [-0.4, -0.2) is 11.1 Å². The highest BCUT2D eigenvalue weighted by molar-refractivity contribution is 7.12. The number of rotatable bonds is 2. The van der Waals surface area contributed by atoms with Gasteiger partial charge in [0, 0.05) is 9.75 Å². The Bertz CT molecular complexity index is 379. The van der Waals surface area contributed by atoms with Crippen LogP contribution in [0, 0.1) is 0 Å². The Morgan fingerprint density at radius 3 is 2.93 bits per heavy atom. The smallest absolute Gasteiger partial charge is 0.311 e. The zero-order chi connectivity index (χ0) is 11.0. The third kappa shape index (κ3) is 1.93. The molecule has 0 fully saturated rings. The lowest BCUT2D eigenvalue weighted by atomic mass is 9.87. The van der Waals surface area contributed by atoms with Gasteiger partial charge in [0.2, 0.25) is 0 Å². The summed E-state index contributed by atoms with van der Waals surface area (Å²) in [4.78, 5) is 13.7. The highest BCUT2D eigenvalue weighted by atomic mass is 32.1. The van der Waals surface area contributed by atoms with Gasteiger partial charge in [0.25, 0.3) is 0 Å². The Labute approximate surface area is 93.9 Å². The topological polar surface area (TPSA) is 37.3 Å². The second-order valence-corrected chi connectivity index (χ2v) is 5.63. The average molecular weight is 224 g/mol. The van der Waals surface area contributed by atoms with Gasteiger partial charge in [-0.3, -0.25) is 4.79 Å². The lowest BCUT2D eigenvalue weighted by Gasteiger charge is -2.18. The van der Waals surface area contributed by atoms with Crippen LogP contribution in [0.1, 0.15) is 53.8 Å². The van der Waals surface area contributed by atoms with E-state index < -0.39 is 5.97 Å². The van der Waals surface area contributed by atoms with Crippen LogP contribution in [0.25, 0.3) is 0 Å². The molecule has 82 valence electrons. The van der Waals surface area contributed by atoms with Gasteiger partial charge in [-0.05, 0) is 36.8 Å². The van der Waals surface area contributed by atoms with Gasteiger partial charge in [-0.1, -0.05) is 13.8 Å². The van der Waals surface area contributed by atoms with E-state index in [-0.39, 0.29) is 5.92 Å². The van der Waals surface area contributed by atoms with Crippen molar-refractivity contribution in [3.05, 3.63) is 21.4 Å². The molecule has 0 aliphatic heterocycles. The lowest BCUT2D eigenvalue weighted by Crippen LogP contribution is -2.16. The lowest BCUT2D eigenvalue weighted by molar-refractivity contribution is -0.139. The number of carbonyl (C=O) groups is 1. The molecule has 1 N–H and O–H groups in total. The highest BCUT2D eigenvalue weighted by Gasteiger charge is 2.28. The van der Waals surface area contributed by atoms with E-state index >= 15 is 0 Å². The molecule has 2 nitrogen and oxygen atoms in total. The van der Waals surface area contributed by atoms with Crippen LogP contribution in [0.3, 0.4) is 0 Å². The van der Waals surface area contributed by atoms with E-state index in [1.165, 1.54) is 9.75 Å². The summed E-state index contributed by atoms with van der Waals surface area (Å²) in [6.07, 6.45) is 2.88. The molecule has 0 saturated heterocycles. The van der Waals surface area contributed by atoms with Crippen molar-refractivity contribution >= 4 is 17.3 Å². The molecule has 1 aliphatic rings. The van der Waals surface area contributed by atoms with Crippen molar-refractivity contribution in [2.45, 2.75) is 44.9 Å². The van der Waals surface area contributed by atoms with Crippen molar-refractivity contribution in [3.8, 4) is 0 Å². The molecule has 1 unspecified atom stereocenters. The molecule has 15 heavy (non-hydrogen) atoms. The van der Waals surface area contributed by atoms with Crippen molar-refractivity contribution in [3.63, 3.8) is 0 Å². The minimum absolute atomic E-state index is 0.252. The number of aliphatic carboxylic acids is 1. The summed E-state index contributed by atoms with van der Waals surface area (Å²) in [5, 5.41) is 9.14. The molecular weight excluding hydrogens is 208 g/mol. The maximum Gasteiger partial charge on any atom is 0.311 e. The highest BCUT2D eigenvalue weighted by Crippen LogP contribution is 2.39. The van der Waals surface area contributed by atoms with Gasteiger partial charge in [-0.25, -0.2) is 0 Å². The van der Waals surface area contributed by atoms with E-state index in [1.807, 2.05) is 0 Å². The monoisotopic (exact) mass is 224 g/mol. The second kappa shape index (κ2) is 3.97. The summed E-state index contributed by atoms with van der Waals surface area (Å²) in [5.41, 5.74) is 1.09. The van der Waals surface area contributed by atoms with E-state index in [4.69, 9.17) is 5.11 Å². The fourth-order valence-corrected chi connectivity index (χ4v) is 3.39. The summed E-state index contributed by atoms with van der Waals surface area (Å²) in [6, 6.07) is 2.11. The van der Waals surface area contributed by atoms with Crippen LogP contribution in [0.2, 0.25) is 0 Å². The molecular formula is C12H16O2S. The fourth-order valence-electron chi connectivity index (χ4n) is 2.12. The maximum atomic E-state index is 11.1.